The molecule has 108 valence electrons. The Hall–Kier alpha value is -1.88. The summed E-state index contributed by atoms with van der Waals surface area (Å²) in [6.45, 7) is 0.838. The zero-order valence-electron chi connectivity index (χ0n) is 11.8. The summed E-state index contributed by atoms with van der Waals surface area (Å²) >= 11 is 0. The minimum atomic E-state index is -0.775. The number of carboxylic acid groups (broad SMARTS) is 1. The number of nitrogens with zero attached hydrogens (tertiary/aromatic N) is 1. The standard InChI is InChI=1S/C15H20N2O3/c1-17(2)9-10-3-5-11(6-4-10)14(18)16-13-7-12(8-13)15(19)20/h3-6,12-13H,7-9H2,1-2H3,(H,16,18)(H,19,20). The molecule has 0 heterocycles. The van der Waals surface area contributed by atoms with Gasteiger partial charge in [-0.25, -0.2) is 0 Å². The Kier molecular flexibility index (Phi) is 4.39. The summed E-state index contributed by atoms with van der Waals surface area (Å²) in [5, 5.41) is 11.7. The molecule has 1 aliphatic carbocycles. The molecule has 1 aromatic carbocycles. The van der Waals surface area contributed by atoms with Crippen molar-refractivity contribution >= 4 is 11.9 Å². The van der Waals surface area contributed by atoms with Gasteiger partial charge in [0.05, 0.1) is 5.92 Å². The van der Waals surface area contributed by atoms with Gasteiger partial charge >= 0.3 is 5.97 Å². The van der Waals surface area contributed by atoms with E-state index in [2.05, 4.69) is 10.2 Å². The summed E-state index contributed by atoms with van der Waals surface area (Å²) in [4.78, 5) is 24.7. The molecule has 0 radical (unpaired) electrons. The van der Waals surface area contributed by atoms with Crippen LogP contribution in [0.1, 0.15) is 28.8 Å². The van der Waals surface area contributed by atoms with Gasteiger partial charge in [-0.2, -0.15) is 0 Å². The van der Waals surface area contributed by atoms with Crippen LogP contribution in [-0.2, 0) is 11.3 Å². The van der Waals surface area contributed by atoms with Gasteiger partial charge in [0.1, 0.15) is 0 Å². The molecule has 0 spiro atoms. The lowest BCUT2D eigenvalue weighted by Gasteiger charge is -2.32. The molecule has 1 amide bonds. The Morgan fingerprint density at radius 2 is 1.85 bits per heavy atom. The van der Waals surface area contributed by atoms with E-state index in [0.29, 0.717) is 18.4 Å². The van der Waals surface area contributed by atoms with Crippen LogP contribution in [0.5, 0.6) is 0 Å². The maximum atomic E-state index is 12.0. The van der Waals surface area contributed by atoms with Crippen molar-refractivity contribution in [2.24, 2.45) is 5.92 Å². The van der Waals surface area contributed by atoms with Gasteiger partial charge in [-0.3, -0.25) is 9.59 Å². The largest absolute Gasteiger partial charge is 0.481 e. The Labute approximate surface area is 118 Å². The van der Waals surface area contributed by atoms with Crippen molar-refractivity contribution in [2.45, 2.75) is 25.4 Å². The van der Waals surface area contributed by atoms with E-state index in [1.54, 1.807) is 0 Å². The summed E-state index contributed by atoms with van der Waals surface area (Å²) in [5.41, 5.74) is 1.77. The average Bonchev–Trinajstić information content (AvgIpc) is 2.32. The zero-order chi connectivity index (χ0) is 14.7. The highest BCUT2D eigenvalue weighted by Crippen LogP contribution is 2.27. The third-order valence-electron chi connectivity index (χ3n) is 3.54. The lowest BCUT2D eigenvalue weighted by molar-refractivity contribution is -0.145. The van der Waals surface area contributed by atoms with Crippen molar-refractivity contribution in [3.8, 4) is 0 Å². The molecular formula is C15H20N2O3. The molecular weight excluding hydrogens is 256 g/mol. The SMILES string of the molecule is CN(C)Cc1ccc(C(=O)NC2CC(C(=O)O)C2)cc1. The number of benzene rings is 1. The molecule has 0 unspecified atom stereocenters. The summed E-state index contributed by atoms with van der Waals surface area (Å²) in [6.07, 6.45) is 1.06. The summed E-state index contributed by atoms with van der Waals surface area (Å²) in [6, 6.07) is 7.49. The van der Waals surface area contributed by atoms with E-state index in [0.717, 1.165) is 12.1 Å². The summed E-state index contributed by atoms with van der Waals surface area (Å²) in [5.74, 6) is -1.21. The predicted molar refractivity (Wildman–Crippen MR) is 75.4 cm³/mol. The van der Waals surface area contributed by atoms with Crippen molar-refractivity contribution in [2.75, 3.05) is 14.1 Å². The van der Waals surface area contributed by atoms with E-state index in [9.17, 15) is 9.59 Å². The molecule has 1 aromatic rings. The van der Waals surface area contributed by atoms with Crippen molar-refractivity contribution < 1.29 is 14.7 Å². The maximum Gasteiger partial charge on any atom is 0.306 e. The van der Waals surface area contributed by atoms with Crippen LogP contribution in [0.2, 0.25) is 0 Å². The Morgan fingerprint density at radius 1 is 1.25 bits per heavy atom. The van der Waals surface area contributed by atoms with Gasteiger partial charge < -0.3 is 15.3 Å². The van der Waals surface area contributed by atoms with E-state index in [4.69, 9.17) is 5.11 Å². The number of carbonyl (C=O) groups excluding carboxylic acids is 1. The lowest BCUT2D eigenvalue weighted by atomic mass is 9.80. The molecule has 0 saturated heterocycles. The minimum Gasteiger partial charge on any atom is -0.481 e. The first-order chi connectivity index (χ1) is 9.45. The molecule has 20 heavy (non-hydrogen) atoms. The van der Waals surface area contributed by atoms with Crippen molar-refractivity contribution in [1.29, 1.82) is 0 Å². The third-order valence-corrected chi connectivity index (χ3v) is 3.54. The second-order valence-electron chi connectivity index (χ2n) is 5.61. The first kappa shape index (κ1) is 14.5. The normalized spacial score (nSPS) is 21.4. The first-order valence-corrected chi connectivity index (χ1v) is 6.73. The number of amides is 1. The average molecular weight is 276 g/mol. The topological polar surface area (TPSA) is 69.6 Å². The van der Waals surface area contributed by atoms with Crippen LogP contribution in [0.15, 0.2) is 24.3 Å². The van der Waals surface area contributed by atoms with Gasteiger partial charge in [-0.05, 0) is 44.6 Å². The molecule has 2 rings (SSSR count). The Balaban J connectivity index is 1.85. The number of carboxylic acids is 1. The maximum absolute atomic E-state index is 12.0. The number of nitrogens with one attached hydrogen (secondary N) is 1. The van der Waals surface area contributed by atoms with E-state index in [1.807, 2.05) is 38.4 Å². The molecule has 2 N–H and O–H groups in total. The van der Waals surface area contributed by atoms with Crippen molar-refractivity contribution in [1.82, 2.24) is 10.2 Å². The van der Waals surface area contributed by atoms with Gasteiger partial charge in [-0.15, -0.1) is 0 Å². The highest BCUT2D eigenvalue weighted by atomic mass is 16.4. The molecule has 0 atom stereocenters. The predicted octanol–water partition coefficient (Wildman–Crippen LogP) is 1.34. The third kappa shape index (κ3) is 3.57. The fraction of sp³-hybridized carbons (Fsp3) is 0.467. The van der Waals surface area contributed by atoms with Crippen LogP contribution < -0.4 is 5.32 Å². The molecule has 0 bridgehead atoms. The highest BCUT2D eigenvalue weighted by molar-refractivity contribution is 5.94. The van der Waals surface area contributed by atoms with Crippen LogP contribution >= 0.6 is 0 Å². The fourth-order valence-electron chi connectivity index (χ4n) is 2.33. The van der Waals surface area contributed by atoms with E-state index in [-0.39, 0.29) is 17.9 Å². The van der Waals surface area contributed by atoms with Crippen LogP contribution in [0.3, 0.4) is 0 Å². The van der Waals surface area contributed by atoms with Crippen LogP contribution in [0.25, 0.3) is 0 Å². The van der Waals surface area contributed by atoms with E-state index in [1.165, 1.54) is 0 Å². The molecule has 5 nitrogen and oxygen atoms in total. The van der Waals surface area contributed by atoms with Gasteiger partial charge in [-0.1, -0.05) is 12.1 Å². The Morgan fingerprint density at radius 3 is 2.35 bits per heavy atom. The molecule has 0 aromatic heterocycles. The molecule has 1 fully saturated rings. The van der Waals surface area contributed by atoms with E-state index < -0.39 is 5.97 Å². The van der Waals surface area contributed by atoms with Crippen molar-refractivity contribution in [3.05, 3.63) is 35.4 Å². The van der Waals surface area contributed by atoms with Crippen LogP contribution in [0.4, 0.5) is 0 Å². The second kappa shape index (κ2) is 6.05. The van der Waals surface area contributed by atoms with Gasteiger partial charge in [0, 0.05) is 18.2 Å². The molecule has 1 aliphatic rings. The lowest BCUT2D eigenvalue weighted by Crippen LogP contribution is -2.46. The highest BCUT2D eigenvalue weighted by Gasteiger charge is 2.35. The zero-order valence-corrected chi connectivity index (χ0v) is 11.8. The number of aliphatic carboxylic acids is 1. The molecule has 1 saturated carbocycles. The number of hydrogen-bond donors (Lipinski definition) is 2. The molecule has 5 heteroatoms. The van der Waals surface area contributed by atoms with Crippen LogP contribution in [0, 0.1) is 5.92 Å². The monoisotopic (exact) mass is 276 g/mol. The number of rotatable bonds is 5. The Bertz CT molecular complexity index is 490. The second-order valence-corrected chi connectivity index (χ2v) is 5.61. The smallest absolute Gasteiger partial charge is 0.306 e. The van der Waals surface area contributed by atoms with Gasteiger partial charge in [0.2, 0.25) is 0 Å². The quantitative estimate of drug-likeness (QED) is 0.851. The number of hydrogen-bond acceptors (Lipinski definition) is 3. The van der Waals surface area contributed by atoms with Gasteiger partial charge in [0.15, 0.2) is 0 Å². The van der Waals surface area contributed by atoms with Gasteiger partial charge in [0.25, 0.3) is 5.91 Å². The first-order valence-electron chi connectivity index (χ1n) is 6.73. The fourth-order valence-corrected chi connectivity index (χ4v) is 2.33. The van der Waals surface area contributed by atoms with Crippen molar-refractivity contribution in [3.63, 3.8) is 0 Å². The molecule has 0 aliphatic heterocycles. The number of carbonyl (C=O) groups is 2. The van der Waals surface area contributed by atoms with Crippen LogP contribution in [-0.4, -0.2) is 42.0 Å². The van der Waals surface area contributed by atoms with E-state index >= 15 is 0 Å². The summed E-state index contributed by atoms with van der Waals surface area (Å²) in [7, 11) is 3.99. The minimum absolute atomic E-state index is 0.00921. The summed E-state index contributed by atoms with van der Waals surface area (Å²) < 4.78 is 0.